The molecule has 0 amide bonds. The lowest BCUT2D eigenvalue weighted by atomic mass is 10.2. The summed E-state index contributed by atoms with van der Waals surface area (Å²) in [7, 11) is 0. The summed E-state index contributed by atoms with van der Waals surface area (Å²) in [4.78, 5) is 11.3. The summed E-state index contributed by atoms with van der Waals surface area (Å²) >= 11 is 0. The topological polar surface area (TPSA) is 107 Å². The van der Waals surface area contributed by atoms with E-state index < -0.39 is 5.97 Å². The number of amidine groups is 1. The van der Waals surface area contributed by atoms with Crippen molar-refractivity contribution >= 4 is 23.2 Å². The summed E-state index contributed by atoms with van der Waals surface area (Å²) in [6.45, 7) is 0. The van der Waals surface area contributed by atoms with Gasteiger partial charge in [0.15, 0.2) is 0 Å². The van der Waals surface area contributed by atoms with E-state index in [9.17, 15) is 15.0 Å². The second-order valence-corrected chi connectivity index (χ2v) is 5.45. The van der Waals surface area contributed by atoms with Crippen LogP contribution in [0.3, 0.4) is 0 Å². The van der Waals surface area contributed by atoms with Crippen LogP contribution in [-0.2, 0) is 0 Å². The van der Waals surface area contributed by atoms with Gasteiger partial charge in [0.2, 0.25) is 5.84 Å². The van der Waals surface area contributed by atoms with Gasteiger partial charge in [-0.05, 0) is 24.3 Å². The van der Waals surface area contributed by atoms with E-state index in [0.29, 0.717) is 16.9 Å². The van der Waals surface area contributed by atoms with Crippen LogP contribution in [0.25, 0.3) is 0 Å². The molecule has 3 aromatic carbocycles. The maximum Gasteiger partial charge on any atom is 0.337 e. The molecule has 0 bridgehead atoms. The maximum atomic E-state index is 11.3. The van der Waals surface area contributed by atoms with Gasteiger partial charge in [-0.1, -0.05) is 54.6 Å². The van der Waals surface area contributed by atoms with Crippen LogP contribution in [-0.4, -0.2) is 22.0 Å². The van der Waals surface area contributed by atoms with Crippen LogP contribution < -0.4 is 5.43 Å². The van der Waals surface area contributed by atoms with E-state index in [1.54, 1.807) is 48.5 Å². The molecule has 3 aromatic rings. The Hall–Kier alpha value is -4.00. The Labute approximate surface area is 155 Å². The predicted molar refractivity (Wildman–Crippen MR) is 103 cm³/mol. The molecular formula is C20H16N4O3. The van der Waals surface area contributed by atoms with Gasteiger partial charge in [-0.15, -0.1) is 10.2 Å². The highest BCUT2D eigenvalue weighted by molar-refractivity contribution is 6.00. The number of carbonyl (C=O) groups is 1. The van der Waals surface area contributed by atoms with Crippen LogP contribution in [0.15, 0.2) is 94.2 Å². The van der Waals surface area contributed by atoms with Crippen molar-refractivity contribution in [1.29, 1.82) is 0 Å². The number of azo groups is 1. The van der Waals surface area contributed by atoms with Crippen LogP contribution in [0.2, 0.25) is 0 Å². The van der Waals surface area contributed by atoms with E-state index in [0.717, 1.165) is 0 Å². The number of hydrazone groups is 1. The number of carboxylic acids is 1. The molecule has 0 radical (unpaired) electrons. The summed E-state index contributed by atoms with van der Waals surface area (Å²) < 4.78 is 0. The third-order valence-corrected chi connectivity index (χ3v) is 3.61. The lowest BCUT2D eigenvalue weighted by Crippen LogP contribution is -2.05. The molecule has 0 unspecified atom stereocenters. The van der Waals surface area contributed by atoms with Crippen molar-refractivity contribution < 1.29 is 15.0 Å². The van der Waals surface area contributed by atoms with Gasteiger partial charge < -0.3 is 10.2 Å². The number of aromatic hydroxyl groups is 1. The van der Waals surface area contributed by atoms with Gasteiger partial charge in [0.25, 0.3) is 0 Å². The molecule has 3 N–H and O–H groups in total. The van der Waals surface area contributed by atoms with Crippen LogP contribution >= 0.6 is 0 Å². The molecule has 0 heterocycles. The molecule has 134 valence electrons. The zero-order valence-electron chi connectivity index (χ0n) is 14.1. The Balaban J connectivity index is 1.95. The number of aromatic carboxylic acids is 1. The van der Waals surface area contributed by atoms with Gasteiger partial charge in [-0.25, -0.2) is 4.79 Å². The fourth-order valence-electron chi connectivity index (χ4n) is 2.26. The zero-order chi connectivity index (χ0) is 19.1. The molecule has 0 aromatic heterocycles. The standard InChI is InChI=1S/C20H16N4O3/c25-18-13-7-6-12-17(18)22-24-19(14-8-2-1-3-9-14)23-21-16-11-5-4-10-15(16)20(26)27/h1-13,21,25H,(H,26,27)/b23-19-,24-22+. The molecule has 0 aliphatic heterocycles. The van der Waals surface area contributed by atoms with Crippen molar-refractivity contribution in [3.8, 4) is 5.75 Å². The summed E-state index contributed by atoms with van der Waals surface area (Å²) in [5.74, 6) is -0.831. The number of para-hydroxylation sites is 2. The van der Waals surface area contributed by atoms with Gasteiger partial charge in [-0.3, -0.25) is 5.43 Å². The summed E-state index contributed by atoms with van der Waals surface area (Å²) in [5.41, 5.74) is 4.13. The first kappa shape index (κ1) is 17.8. The van der Waals surface area contributed by atoms with Gasteiger partial charge in [0, 0.05) is 5.56 Å². The molecule has 27 heavy (non-hydrogen) atoms. The van der Waals surface area contributed by atoms with E-state index in [-0.39, 0.29) is 17.1 Å². The second kappa shape index (κ2) is 8.39. The predicted octanol–water partition coefficient (Wildman–Crippen LogP) is 4.65. The Morgan fingerprint density at radius 3 is 2.26 bits per heavy atom. The molecule has 0 saturated carbocycles. The van der Waals surface area contributed by atoms with Crippen LogP contribution in [0.1, 0.15) is 15.9 Å². The Bertz CT molecular complexity index is 1000. The van der Waals surface area contributed by atoms with Crippen molar-refractivity contribution in [2.75, 3.05) is 5.43 Å². The Morgan fingerprint density at radius 1 is 0.852 bits per heavy atom. The zero-order valence-corrected chi connectivity index (χ0v) is 14.1. The minimum atomic E-state index is -1.06. The molecule has 0 aliphatic rings. The molecule has 7 heteroatoms. The number of hydrogen-bond donors (Lipinski definition) is 3. The highest BCUT2D eigenvalue weighted by Gasteiger charge is 2.09. The van der Waals surface area contributed by atoms with Gasteiger partial charge >= 0.3 is 5.97 Å². The number of nitrogens with zero attached hydrogens (tertiary/aromatic N) is 3. The van der Waals surface area contributed by atoms with Gasteiger partial charge in [-0.2, -0.15) is 5.10 Å². The van der Waals surface area contributed by atoms with Gasteiger partial charge in [0.1, 0.15) is 11.4 Å². The molecular weight excluding hydrogens is 344 g/mol. The number of phenolic OH excluding ortho intramolecular Hbond substituents is 1. The molecule has 7 nitrogen and oxygen atoms in total. The van der Waals surface area contributed by atoms with Crippen LogP contribution in [0, 0.1) is 0 Å². The van der Waals surface area contributed by atoms with Crippen molar-refractivity contribution in [3.05, 3.63) is 90.0 Å². The second-order valence-electron chi connectivity index (χ2n) is 5.45. The van der Waals surface area contributed by atoms with Crippen molar-refractivity contribution in [2.24, 2.45) is 15.3 Å². The van der Waals surface area contributed by atoms with Crippen molar-refractivity contribution in [1.82, 2.24) is 0 Å². The summed E-state index contributed by atoms with van der Waals surface area (Å²) in [5, 5.41) is 31.5. The molecule has 0 aliphatic carbocycles. The number of hydrogen-bond acceptors (Lipinski definition) is 5. The normalized spacial score (nSPS) is 11.5. The average Bonchev–Trinajstić information content (AvgIpc) is 2.70. The smallest absolute Gasteiger partial charge is 0.337 e. The maximum absolute atomic E-state index is 11.3. The van der Waals surface area contributed by atoms with Crippen molar-refractivity contribution in [2.45, 2.75) is 0 Å². The van der Waals surface area contributed by atoms with E-state index in [1.807, 2.05) is 18.2 Å². The van der Waals surface area contributed by atoms with Gasteiger partial charge in [0.05, 0.1) is 11.3 Å². The monoisotopic (exact) mass is 360 g/mol. The molecule has 0 atom stereocenters. The van der Waals surface area contributed by atoms with Crippen LogP contribution in [0.5, 0.6) is 5.75 Å². The first-order chi connectivity index (χ1) is 13.1. The van der Waals surface area contributed by atoms with E-state index in [1.165, 1.54) is 12.1 Å². The molecule has 0 saturated heterocycles. The van der Waals surface area contributed by atoms with E-state index >= 15 is 0 Å². The summed E-state index contributed by atoms with van der Waals surface area (Å²) in [6, 6.07) is 22.1. The third kappa shape index (κ3) is 4.55. The number of anilines is 1. The number of carboxylic acid groups (broad SMARTS) is 1. The number of rotatable bonds is 5. The fourth-order valence-corrected chi connectivity index (χ4v) is 2.26. The first-order valence-corrected chi connectivity index (χ1v) is 8.06. The van der Waals surface area contributed by atoms with Crippen molar-refractivity contribution in [3.63, 3.8) is 0 Å². The largest absolute Gasteiger partial charge is 0.506 e. The highest BCUT2D eigenvalue weighted by atomic mass is 16.4. The number of benzene rings is 3. The SMILES string of the molecule is O=C(O)c1ccccc1N/N=C(\N=N\c1ccccc1O)c1ccccc1. The lowest BCUT2D eigenvalue weighted by Gasteiger charge is -2.06. The number of phenols is 1. The fraction of sp³-hybridized carbons (Fsp3) is 0. The minimum Gasteiger partial charge on any atom is -0.506 e. The molecule has 0 spiro atoms. The highest BCUT2D eigenvalue weighted by Crippen LogP contribution is 2.25. The third-order valence-electron chi connectivity index (χ3n) is 3.61. The minimum absolute atomic E-state index is 0.00200. The van der Waals surface area contributed by atoms with E-state index in [2.05, 4.69) is 20.8 Å². The first-order valence-electron chi connectivity index (χ1n) is 8.06. The quantitative estimate of drug-likeness (QED) is 0.266. The molecule has 0 fully saturated rings. The van der Waals surface area contributed by atoms with Crippen LogP contribution in [0.4, 0.5) is 11.4 Å². The molecule has 3 rings (SSSR count). The number of nitrogens with one attached hydrogen (secondary N) is 1. The average molecular weight is 360 g/mol. The Kier molecular flexibility index (Phi) is 5.54. The summed E-state index contributed by atoms with van der Waals surface area (Å²) in [6.07, 6.45) is 0. The Morgan fingerprint density at radius 2 is 1.52 bits per heavy atom. The lowest BCUT2D eigenvalue weighted by molar-refractivity contribution is 0.0698. The van der Waals surface area contributed by atoms with E-state index in [4.69, 9.17) is 0 Å².